The minimum atomic E-state index is -2.33. The van der Waals surface area contributed by atoms with E-state index in [2.05, 4.69) is 0 Å². The summed E-state index contributed by atoms with van der Waals surface area (Å²) in [5.41, 5.74) is 1.07. The Bertz CT molecular complexity index is 317. The van der Waals surface area contributed by atoms with Gasteiger partial charge >= 0.3 is 0 Å². The average molecular weight is 235 g/mol. The van der Waals surface area contributed by atoms with Gasteiger partial charge in [0.2, 0.25) is 0 Å². The standard InChI is InChI=1S/C9H12ClO3P/c1-12-9-4-2-3-8(7-9)5-6-13-14(10)11/h2-4,7,14H,5-6H2,1H3. The second kappa shape index (κ2) is 6.07. The molecule has 3 nitrogen and oxygen atoms in total. The topological polar surface area (TPSA) is 35.5 Å². The number of benzene rings is 1. The predicted octanol–water partition coefficient (Wildman–Crippen LogP) is 2.88. The molecule has 0 aromatic heterocycles. The summed E-state index contributed by atoms with van der Waals surface area (Å²) >= 11 is 5.20. The van der Waals surface area contributed by atoms with Gasteiger partial charge in [0.05, 0.1) is 13.7 Å². The van der Waals surface area contributed by atoms with Gasteiger partial charge in [-0.25, -0.2) is 0 Å². The highest BCUT2D eigenvalue weighted by molar-refractivity contribution is 7.69. The molecule has 0 amide bonds. The van der Waals surface area contributed by atoms with E-state index in [-0.39, 0.29) is 0 Å². The number of methoxy groups -OCH3 is 1. The Morgan fingerprint density at radius 1 is 1.50 bits per heavy atom. The monoisotopic (exact) mass is 234 g/mol. The van der Waals surface area contributed by atoms with E-state index in [1.165, 1.54) is 0 Å². The first-order valence-electron chi connectivity index (χ1n) is 4.17. The first-order chi connectivity index (χ1) is 6.72. The third-order valence-corrected chi connectivity index (χ3v) is 2.50. The largest absolute Gasteiger partial charge is 0.497 e. The van der Waals surface area contributed by atoms with Crippen molar-refractivity contribution in [2.45, 2.75) is 6.42 Å². The number of hydrogen-bond donors (Lipinski definition) is 0. The molecule has 0 aliphatic rings. The highest BCUT2D eigenvalue weighted by Crippen LogP contribution is 2.27. The van der Waals surface area contributed by atoms with Crippen LogP contribution in [0.3, 0.4) is 0 Å². The zero-order valence-electron chi connectivity index (χ0n) is 7.83. The molecule has 0 aliphatic carbocycles. The number of rotatable bonds is 5. The van der Waals surface area contributed by atoms with E-state index in [0.717, 1.165) is 11.3 Å². The molecule has 0 aliphatic heterocycles. The van der Waals surface area contributed by atoms with Crippen LogP contribution in [0, 0.1) is 0 Å². The summed E-state index contributed by atoms with van der Waals surface area (Å²) in [7, 11) is -0.710. The first kappa shape index (κ1) is 11.6. The third-order valence-electron chi connectivity index (χ3n) is 1.74. The van der Waals surface area contributed by atoms with E-state index in [9.17, 15) is 4.57 Å². The van der Waals surface area contributed by atoms with E-state index in [0.29, 0.717) is 13.0 Å². The first-order valence-corrected chi connectivity index (χ1v) is 6.50. The van der Waals surface area contributed by atoms with Gasteiger partial charge < -0.3 is 9.26 Å². The van der Waals surface area contributed by atoms with Gasteiger partial charge in [0.1, 0.15) is 5.75 Å². The van der Waals surface area contributed by atoms with Gasteiger partial charge in [0.15, 0.2) is 0 Å². The molecular weight excluding hydrogens is 223 g/mol. The summed E-state index contributed by atoms with van der Waals surface area (Å²) in [5.74, 6) is 0.807. The molecular formula is C9H12ClO3P. The molecule has 1 rings (SSSR count). The molecule has 0 radical (unpaired) electrons. The van der Waals surface area contributed by atoms with Gasteiger partial charge in [-0.1, -0.05) is 12.1 Å². The van der Waals surface area contributed by atoms with Crippen LogP contribution in [-0.4, -0.2) is 13.7 Å². The average Bonchev–Trinajstić information content (AvgIpc) is 2.18. The van der Waals surface area contributed by atoms with E-state index < -0.39 is 7.38 Å². The van der Waals surface area contributed by atoms with Crippen LogP contribution in [0.2, 0.25) is 0 Å². The molecule has 0 fully saturated rings. The Morgan fingerprint density at radius 3 is 2.93 bits per heavy atom. The second-order valence-corrected chi connectivity index (χ2v) is 4.38. The number of hydrogen-bond acceptors (Lipinski definition) is 3. The van der Waals surface area contributed by atoms with E-state index in [1.807, 2.05) is 24.3 Å². The zero-order chi connectivity index (χ0) is 10.4. The maximum atomic E-state index is 10.5. The predicted molar refractivity (Wildman–Crippen MR) is 57.5 cm³/mol. The van der Waals surface area contributed by atoms with Gasteiger partial charge in [-0.2, -0.15) is 0 Å². The molecule has 78 valence electrons. The van der Waals surface area contributed by atoms with Crippen molar-refractivity contribution < 1.29 is 13.8 Å². The van der Waals surface area contributed by atoms with E-state index in [1.54, 1.807) is 7.11 Å². The maximum absolute atomic E-state index is 10.5. The van der Waals surface area contributed by atoms with Crippen LogP contribution in [-0.2, 0) is 15.5 Å². The molecule has 0 N–H and O–H groups in total. The number of ether oxygens (including phenoxy) is 1. The smallest absolute Gasteiger partial charge is 0.278 e. The quantitative estimate of drug-likeness (QED) is 0.735. The summed E-state index contributed by atoms with van der Waals surface area (Å²) < 4.78 is 20.3. The van der Waals surface area contributed by atoms with Crippen molar-refractivity contribution in [3.63, 3.8) is 0 Å². The molecule has 1 unspecified atom stereocenters. The van der Waals surface area contributed by atoms with Crippen molar-refractivity contribution >= 4 is 18.6 Å². The lowest BCUT2D eigenvalue weighted by Gasteiger charge is -2.03. The minimum absolute atomic E-state index is 0.370. The summed E-state index contributed by atoms with van der Waals surface area (Å²) in [5, 5.41) is 0. The van der Waals surface area contributed by atoms with Gasteiger partial charge in [-0.3, -0.25) is 4.57 Å². The SMILES string of the molecule is COc1cccc(CCO[PH](=O)Cl)c1. The van der Waals surface area contributed by atoms with Crippen LogP contribution in [0.25, 0.3) is 0 Å². The van der Waals surface area contributed by atoms with Crippen LogP contribution >= 0.6 is 18.6 Å². The Kier molecular flexibility index (Phi) is 5.02. The van der Waals surface area contributed by atoms with E-state index in [4.69, 9.17) is 20.5 Å². The maximum Gasteiger partial charge on any atom is 0.278 e. The highest BCUT2D eigenvalue weighted by atomic mass is 35.7. The molecule has 1 atom stereocenters. The molecule has 0 heterocycles. The van der Waals surface area contributed by atoms with Crippen LogP contribution in [0.15, 0.2) is 24.3 Å². The lowest BCUT2D eigenvalue weighted by Crippen LogP contribution is -1.93. The molecule has 0 saturated heterocycles. The van der Waals surface area contributed by atoms with Crippen LogP contribution in [0.1, 0.15) is 5.56 Å². The summed E-state index contributed by atoms with van der Waals surface area (Å²) in [6.07, 6.45) is 0.681. The van der Waals surface area contributed by atoms with Crippen molar-refractivity contribution in [3.8, 4) is 5.75 Å². The summed E-state index contributed by atoms with van der Waals surface area (Å²) in [6, 6.07) is 7.64. The van der Waals surface area contributed by atoms with Gasteiger partial charge in [0.25, 0.3) is 7.38 Å². The molecule has 5 heteroatoms. The number of halogens is 1. The molecule has 1 aromatic rings. The van der Waals surface area contributed by atoms with Crippen LogP contribution < -0.4 is 4.74 Å². The van der Waals surface area contributed by atoms with Gasteiger partial charge in [-0.05, 0) is 35.4 Å². The Balaban J connectivity index is 2.46. The molecule has 1 aromatic carbocycles. The van der Waals surface area contributed by atoms with Crippen molar-refractivity contribution in [3.05, 3.63) is 29.8 Å². The summed E-state index contributed by atoms with van der Waals surface area (Å²) in [4.78, 5) is 0. The third kappa shape index (κ3) is 4.14. The zero-order valence-corrected chi connectivity index (χ0v) is 9.58. The highest BCUT2D eigenvalue weighted by Gasteiger charge is 1.97. The van der Waals surface area contributed by atoms with Crippen molar-refractivity contribution in [1.82, 2.24) is 0 Å². The Morgan fingerprint density at radius 2 is 2.29 bits per heavy atom. The van der Waals surface area contributed by atoms with Crippen molar-refractivity contribution in [2.75, 3.05) is 13.7 Å². The minimum Gasteiger partial charge on any atom is -0.497 e. The second-order valence-electron chi connectivity index (χ2n) is 2.69. The molecule has 14 heavy (non-hydrogen) atoms. The molecule has 0 spiro atoms. The van der Waals surface area contributed by atoms with Crippen LogP contribution in [0.5, 0.6) is 5.75 Å². The molecule has 0 saturated carbocycles. The Hall–Kier alpha value is -0.500. The van der Waals surface area contributed by atoms with Crippen molar-refractivity contribution in [1.29, 1.82) is 0 Å². The van der Waals surface area contributed by atoms with E-state index >= 15 is 0 Å². The Labute approximate surface area is 88.6 Å². The normalized spacial score (nSPS) is 12.4. The van der Waals surface area contributed by atoms with Crippen molar-refractivity contribution in [2.24, 2.45) is 0 Å². The summed E-state index contributed by atoms with van der Waals surface area (Å²) in [6.45, 7) is 0.370. The fraction of sp³-hybridized carbons (Fsp3) is 0.333. The fourth-order valence-corrected chi connectivity index (χ4v) is 1.57. The van der Waals surface area contributed by atoms with Gasteiger partial charge in [0, 0.05) is 0 Å². The fourth-order valence-electron chi connectivity index (χ4n) is 1.08. The van der Waals surface area contributed by atoms with Crippen LogP contribution in [0.4, 0.5) is 0 Å². The molecule has 0 bridgehead atoms. The lowest BCUT2D eigenvalue weighted by molar-refractivity contribution is 0.342. The lowest BCUT2D eigenvalue weighted by atomic mass is 10.1. The van der Waals surface area contributed by atoms with Gasteiger partial charge in [-0.15, -0.1) is 0 Å².